The molecule has 4 rings (SSSR count). The normalized spacial score (nSPS) is 29.4. The first kappa shape index (κ1) is 20.0. The van der Waals surface area contributed by atoms with E-state index in [-0.39, 0.29) is 35.1 Å². The van der Waals surface area contributed by atoms with Crippen LogP contribution in [0.4, 0.5) is 0 Å². The molecule has 2 fully saturated rings. The van der Waals surface area contributed by atoms with Gasteiger partial charge in [0.05, 0.1) is 23.3 Å². The van der Waals surface area contributed by atoms with Crippen molar-refractivity contribution >= 4 is 16.9 Å². The Hall–Kier alpha value is -2.25. The van der Waals surface area contributed by atoms with Crippen LogP contribution in [-0.4, -0.2) is 55.9 Å². The predicted octanol–water partition coefficient (Wildman–Crippen LogP) is 1.95. The van der Waals surface area contributed by atoms with Crippen LogP contribution in [0.5, 0.6) is 0 Å². The summed E-state index contributed by atoms with van der Waals surface area (Å²) in [6, 6.07) is 7.31. The quantitative estimate of drug-likeness (QED) is 0.794. The molecule has 2 saturated heterocycles. The van der Waals surface area contributed by atoms with Crippen molar-refractivity contribution in [1.29, 1.82) is 0 Å². The van der Waals surface area contributed by atoms with Crippen LogP contribution >= 0.6 is 0 Å². The number of carbonyl (C=O) groups is 1. The van der Waals surface area contributed by atoms with Gasteiger partial charge in [-0.15, -0.1) is 0 Å². The molecule has 0 bridgehead atoms. The van der Waals surface area contributed by atoms with E-state index in [0.717, 1.165) is 19.4 Å². The number of benzene rings is 1. The van der Waals surface area contributed by atoms with Gasteiger partial charge in [0, 0.05) is 31.0 Å². The highest BCUT2D eigenvalue weighted by molar-refractivity contribution is 5.76. The van der Waals surface area contributed by atoms with E-state index in [1.165, 1.54) is 6.92 Å². The van der Waals surface area contributed by atoms with Gasteiger partial charge >= 0.3 is 5.97 Å². The van der Waals surface area contributed by atoms with Gasteiger partial charge in [0.25, 0.3) is 5.56 Å². The largest absolute Gasteiger partial charge is 0.461 e. The van der Waals surface area contributed by atoms with Crippen molar-refractivity contribution in [2.45, 2.75) is 70.4 Å². The zero-order valence-corrected chi connectivity index (χ0v) is 17.2. The Morgan fingerprint density at radius 1 is 1.34 bits per heavy atom. The van der Waals surface area contributed by atoms with Gasteiger partial charge in [-0.2, -0.15) is 0 Å². The number of aliphatic hydroxyl groups is 1. The summed E-state index contributed by atoms with van der Waals surface area (Å²) in [5, 5.41) is 11.6. The summed E-state index contributed by atoms with van der Waals surface area (Å²) in [7, 11) is 0. The molecular formula is C22H29N3O4. The fourth-order valence-electron chi connectivity index (χ4n) is 5.26. The molecule has 29 heavy (non-hydrogen) atoms. The smallest absolute Gasteiger partial charge is 0.302 e. The molecule has 156 valence electrons. The Labute approximate surface area is 170 Å². The number of aliphatic hydroxyl groups excluding tert-OH is 1. The summed E-state index contributed by atoms with van der Waals surface area (Å²) in [4.78, 5) is 31.3. The highest BCUT2D eigenvalue weighted by atomic mass is 16.5. The van der Waals surface area contributed by atoms with Crippen LogP contribution in [0.3, 0.4) is 0 Å². The maximum Gasteiger partial charge on any atom is 0.302 e. The molecule has 1 aromatic carbocycles. The van der Waals surface area contributed by atoms with Crippen molar-refractivity contribution in [3.05, 3.63) is 40.9 Å². The van der Waals surface area contributed by atoms with E-state index in [1.54, 1.807) is 17.0 Å². The molecule has 3 heterocycles. The van der Waals surface area contributed by atoms with Gasteiger partial charge < -0.3 is 9.84 Å². The van der Waals surface area contributed by atoms with E-state index in [0.29, 0.717) is 23.9 Å². The molecule has 2 aromatic rings. The lowest BCUT2D eigenvalue weighted by Crippen LogP contribution is -2.67. The third kappa shape index (κ3) is 3.57. The average Bonchev–Trinajstić information content (AvgIpc) is 2.67. The van der Waals surface area contributed by atoms with Crippen molar-refractivity contribution in [2.24, 2.45) is 5.92 Å². The number of piperidine rings is 2. The van der Waals surface area contributed by atoms with Crippen LogP contribution in [0.2, 0.25) is 0 Å². The van der Waals surface area contributed by atoms with E-state index >= 15 is 0 Å². The van der Waals surface area contributed by atoms with Crippen molar-refractivity contribution in [2.75, 3.05) is 6.54 Å². The van der Waals surface area contributed by atoms with Crippen molar-refractivity contribution in [3.8, 4) is 0 Å². The number of nitrogens with zero attached hydrogens (tertiary/aromatic N) is 3. The first-order valence-corrected chi connectivity index (χ1v) is 10.3. The molecule has 0 amide bonds. The Bertz CT molecular complexity index is 970. The lowest BCUT2D eigenvalue weighted by molar-refractivity contribution is -0.172. The monoisotopic (exact) mass is 399 g/mol. The van der Waals surface area contributed by atoms with Gasteiger partial charge in [0.2, 0.25) is 0 Å². The summed E-state index contributed by atoms with van der Waals surface area (Å²) in [6.07, 6.45) is 3.08. The summed E-state index contributed by atoms with van der Waals surface area (Å²) < 4.78 is 7.18. The van der Waals surface area contributed by atoms with E-state index in [2.05, 4.69) is 23.7 Å². The lowest BCUT2D eigenvalue weighted by Gasteiger charge is -2.57. The van der Waals surface area contributed by atoms with Gasteiger partial charge in [-0.25, -0.2) is 4.98 Å². The van der Waals surface area contributed by atoms with E-state index < -0.39 is 6.10 Å². The van der Waals surface area contributed by atoms with Crippen LogP contribution in [0.15, 0.2) is 35.4 Å². The van der Waals surface area contributed by atoms with E-state index in [9.17, 15) is 14.7 Å². The van der Waals surface area contributed by atoms with Crippen LogP contribution in [0.25, 0.3) is 10.9 Å². The number of hydrogen-bond donors (Lipinski definition) is 1. The number of fused-ring (bicyclic) bond motifs is 2. The second-order valence-electron chi connectivity index (χ2n) is 8.83. The molecule has 4 atom stereocenters. The number of esters is 1. The Morgan fingerprint density at radius 2 is 2.10 bits per heavy atom. The topological polar surface area (TPSA) is 84.7 Å². The van der Waals surface area contributed by atoms with Gasteiger partial charge in [0.15, 0.2) is 0 Å². The maximum absolute atomic E-state index is 12.9. The summed E-state index contributed by atoms with van der Waals surface area (Å²) in [5.74, 6) is -0.421. The molecule has 0 aliphatic carbocycles. The minimum atomic E-state index is -0.597. The molecule has 1 N–H and O–H groups in total. The summed E-state index contributed by atoms with van der Waals surface area (Å²) in [6.45, 7) is 6.95. The molecule has 0 unspecified atom stereocenters. The van der Waals surface area contributed by atoms with Crippen LogP contribution in [-0.2, 0) is 16.1 Å². The fraction of sp³-hybridized carbons (Fsp3) is 0.591. The van der Waals surface area contributed by atoms with Crippen molar-refractivity contribution in [1.82, 2.24) is 14.5 Å². The number of para-hydroxylation sites is 1. The number of aromatic nitrogens is 2. The number of rotatable bonds is 3. The molecule has 2 aliphatic heterocycles. The molecule has 0 spiro atoms. The van der Waals surface area contributed by atoms with E-state index in [4.69, 9.17) is 4.74 Å². The second-order valence-corrected chi connectivity index (χ2v) is 8.83. The second kappa shape index (κ2) is 7.54. The van der Waals surface area contributed by atoms with Gasteiger partial charge in [0.1, 0.15) is 6.10 Å². The van der Waals surface area contributed by atoms with E-state index in [1.807, 2.05) is 18.2 Å². The highest BCUT2D eigenvalue weighted by Gasteiger charge is 2.51. The van der Waals surface area contributed by atoms with Crippen LogP contribution in [0, 0.1) is 5.92 Å². The van der Waals surface area contributed by atoms with Crippen LogP contribution < -0.4 is 5.56 Å². The predicted molar refractivity (Wildman–Crippen MR) is 109 cm³/mol. The minimum absolute atomic E-state index is 0.000324. The number of carbonyl (C=O) groups excluding carboxylic acids is 1. The third-order valence-corrected chi connectivity index (χ3v) is 6.75. The highest BCUT2D eigenvalue weighted by Crippen LogP contribution is 2.42. The summed E-state index contributed by atoms with van der Waals surface area (Å²) >= 11 is 0. The third-order valence-electron chi connectivity index (χ3n) is 6.75. The van der Waals surface area contributed by atoms with Crippen LogP contribution in [0.1, 0.15) is 40.0 Å². The average molecular weight is 399 g/mol. The van der Waals surface area contributed by atoms with Gasteiger partial charge in [-0.1, -0.05) is 12.1 Å². The molecule has 7 heteroatoms. The molecule has 1 aromatic heterocycles. The van der Waals surface area contributed by atoms with Gasteiger partial charge in [-0.05, 0) is 51.8 Å². The molecule has 0 saturated carbocycles. The SMILES string of the molecule is CC(=O)O[C@H]1CCCN2[C@H]1C[C@@H](O)[C@@H](Cn1cnc3ccccc3c1=O)C2(C)C. The zero-order chi connectivity index (χ0) is 20.8. The Morgan fingerprint density at radius 3 is 2.86 bits per heavy atom. The maximum atomic E-state index is 12.9. The summed E-state index contributed by atoms with van der Waals surface area (Å²) in [5.41, 5.74) is 0.237. The first-order chi connectivity index (χ1) is 13.8. The van der Waals surface area contributed by atoms with Crippen molar-refractivity contribution < 1.29 is 14.6 Å². The number of hydrogen-bond acceptors (Lipinski definition) is 6. The molecule has 7 nitrogen and oxygen atoms in total. The zero-order valence-electron chi connectivity index (χ0n) is 17.2. The fourth-order valence-corrected chi connectivity index (χ4v) is 5.26. The number of ether oxygens (including phenoxy) is 1. The Balaban J connectivity index is 1.63. The Kier molecular flexibility index (Phi) is 5.21. The first-order valence-electron chi connectivity index (χ1n) is 10.3. The van der Waals surface area contributed by atoms with Gasteiger partial charge in [-0.3, -0.25) is 19.1 Å². The standard InChI is InChI=1S/C22H29N3O4/c1-14(26)29-20-9-6-10-25-18(20)11-19(27)16(22(25,2)3)12-24-13-23-17-8-5-4-7-15(17)21(24)28/h4-5,7-8,13,16,18-20,27H,6,9-12H2,1-3H3/t16-,18+,19-,20+/m1/s1. The molecule has 2 aliphatic rings. The lowest BCUT2D eigenvalue weighted by atomic mass is 9.71. The minimum Gasteiger partial charge on any atom is -0.461 e. The van der Waals surface area contributed by atoms with Crippen molar-refractivity contribution in [3.63, 3.8) is 0 Å². The molecular weight excluding hydrogens is 370 g/mol. The molecule has 0 radical (unpaired) electrons.